The molecule has 5 heteroatoms. The molecule has 0 radical (unpaired) electrons. The minimum Gasteiger partial charge on any atom is -0.396 e. The number of carbonyl (C=O) groups excluding carboxylic acids is 1. The Morgan fingerprint density at radius 2 is 2.14 bits per heavy atom. The second-order valence-electron chi connectivity index (χ2n) is 5.85. The minimum absolute atomic E-state index is 0.0229. The number of benzene rings is 1. The van der Waals surface area contributed by atoms with Gasteiger partial charge in [-0.3, -0.25) is 9.69 Å². The highest BCUT2D eigenvalue weighted by Gasteiger charge is 2.32. The molecule has 2 rings (SSSR count). The lowest BCUT2D eigenvalue weighted by molar-refractivity contribution is -0.118. The van der Waals surface area contributed by atoms with Gasteiger partial charge in [0, 0.05) is 17.3 Å². The Morgan fingerprint density at radius 1 is 1.43 bits per heavy atom. The van der Waals surface area contributed by atoms with Crippen LogP contribution in [0.15, 0.2) is 24.3 Å². The van der Waals surface area contributed by atoms with Crippen LogP contribution in [-0.2, 0) is 4.79 Å². The monoisotopic (exact) mass is 310 g/mol. The number of hydrogen-bond donors (Lipinski definition) is 2. The molecule has 116 valence electrons. The first-order chi connectivity index (χ1) is 10.1. The van der Waals surface area contributed by atoms with E-state index in [2.05, 4.69) is 17.1 Å². The Labute approximate surface area is 131 Å². The Balaban J connectivity index is 1.82. The highest BCUT2D eigenvalue weighted by atomic mass is 35.5. The topological polar surface area (TPSA) is 52.6 Å². The van der Waals surface area contributed by atoms with E-state index in [9.17, 15) is 9.90 Å². The Morgan fingerprint density at radius 3 is 2.71 bits per heavy atom. The van der Waals surface area contributed by atoms with Crippen molar-refractivity contribution >= 4 is 23.2 Å². The maximum Gasteiger partial charge on any atom is 0.238 e. The Kier molecular flexibility index (Phi) is 5.62. The molecule has 0 aromatic heterocycles. The summed E-state index contributed by atoms with van der Waals surface area (Å²) < 4.78 is 0. The fraction of sp³-hybridized carbons (Fsp3) is 0.562. The third kappa shape index (κ3) is 4.43. The third-order valence-corrected chi connectivity index (χ3v) is 4.71. The van der Waals surface area contributed by atoms with Gasteiger partial charge in [-0.1, -0.05) is 24.6 Å². The van der Waals surface area contributed by atoms with Gasteiger partial charge < -0.3 is 10.4 Å². The van der Waals surface area contributed by atoms with E-state index in [0.717, 1.165) is 38.0 Å². The molecule has 1 saturated heterocycles. The minimum atomic E-state index is -0.0229. The van der Waals surface area contributed by atoms with Crippen LogP contribution in [0.5, 0.6) is 0 Å². The fourth-order valence-corrected chi connectivity index (χ4v) is 2.97. The van der Waals surface area contributed by atoms with Crippen LogP contribution in [0.25, 0.3) is 0 Å². The molecule has 1 aliphatic heterocycles. The number of halogens is 1. The molecule has 1 aliphatic rings. The van der Waals surface area contributed by atoms with E-state index in [1.54, 1.807) is 12.1 Å². The summed E-state index contributed by atoms with van der Waals surface area (Å²) in [5, 5.41) is 13.0. The van der Waals surface area contributed by atoms with Gasteiger partial charge in [-0.25, -0.2) is 0 Å². The van der Waals surface area contributed by atoms with Crippen LogP contribution in [0, 0.1) is 5.41 Å². The fourth-order valence-electron chi connectivity index (χ4n) is 2.78. The first-order valence-corrected chi connectivity index (χ1v) is 7.83. The predicted molar refractivity (Wildman–Crippen MR) is 85.6 cm³/mol. The number of piperidine rings is 1. The molecule has 1 heterocycles. The standard InChI is InChI=1S/C16H23ClN2O2/c1-2-16(12-20)6-8-19(9-7-16)11-15(21)18-14-5-3-4-13(17)10-14/h3-5,10,20H,2,6-9,11-12H2,1H3,(H,18,21). The Hall–Kier alpha value is -1.10. The molecule has 1 amide bonds. The van der Waals surface area contributed by atoms with Gasteiger partial charge in [0.1, 0.15) is 0 Å². The second-order valence-corrected chi connectivity index (χ2v) is 6.28. The van der Waals surface area contributed by atoms with E-state index in [-0.39, 0.29) is 17.9 Å². The van der Waals surface area contributed by atoms with E-state index in [0.29, 0.717) is 11.6 Å². The maximum absolute atomic E-state index is 12.0. The Bertz CT molecular complexity index is 479. The van der Waals surface area contributed by atoms with Crippen LogP contribution in [0.3, 0.4) is 0 Å². The molecular formula is C16H23ClN2O2. The normalized spacial score (nSPS) is 18.4. The number of likely N-dealkylation sites (tertiary alicyclic amines) is 1. The molecule has 0 aliphatic carbocycles. The average Bonchev–Trinajstić information content (AvgIpc) is 2.48. The van der Waals surface area contributed by atoms with Gasteiger partial charge >= 0.3 is 0 Å². The number of anilines is 1. The van der Waals surface area contributed by atoms with Gasteiger partial charge in [0.2, 0.25) is 5.91 Å². The SMILES string of the molecule is CCC1(CO)CCN(CC(=O)Nc2cccc(Cl)c2)CC1. The van der Waals surface area contributed by atoms with Gasteiger partial charge in [-0.05, 0) is 56.0 Å². The van der Waals surface area contributed by atoms with E-state index >= 15 is 0 Å². The van der Waals surface area contributed by atoms with Crippen molar-refractivity contribution in [3.63, 3.8) is 0 Å². The molecule has 1 aromatic carbocycles. The van der Waals surface area contributed by atoms with Crippen molar-refractivity contribution in [2.75, 3.05) is 31.6 Å². The van der Waals surface area contributed by atoms with Crippen molar-refractivity contribution in [3.05, 3.63) is 29.3 Å². The molecule has 0 atom stereocenters. The number of rotatable bonds is 5. The largest absolute Gasteiger partial charge is 0.396 e. The van der Waals surface area contributed by atoms with Gasteiger partial charge in [-0.15, -0.1) is 0 Å². The predicted octanol–water partition coefficient (Wildman–Crippen LogP) is 2.76. The van der Waals surface area contributed by atoms with E-state index < -0.39 is 0 Å². The lowest BCUT2D eigenvalue weighted by Crippen LogP contribution is -2.44. The summed E-state index contributed by atoms with van der Waals surface area (Å²) in [5.74, 6) is -0.0229. The smallest absolute Gasteiger partial charge is 0.238 e. The highest BCUT2D eigenvalue weighted by Crippen LogP contribution is 2.34. The summed E-state index contributed by atoms with van der Waals surface area (Å²) in [6.45, 7) is 4.47. The molecule has 2 N–H and O–H groups in total. The number of carbonyl (C=O) groups is 1. The molecular weight excluding hydrogens is 288 g/mol. The average molecular weight is 311 g/mol. The van der Waals surface area contributed by atoms with E-state index in [1.165, 1.54) is 0 Å². The van der Waals surface area contributed by atoms with Crippen molar-refractivity contribution in [2.24, 2.45) is 5.41 Å². The van der Waals surface area contributed by atoms with E-state index in [4.69, 9.17) is 11.6 Å². The lowest BCUT2D eigenvalue weighted by atomic mass is 9.77. The highest BCUT2D eigenvalue weighted by molar-refractivity contribution is 6.30. The molecule has 1 aromatic rings. The zero-order valence-corrected chi connectivity index (χ0v) is 13.2. The van der Waals surface area contributed by atoms with Crippen molar-refractivity contribution in [3.8, 4) is 0 Å². The summed E-state index contributed by atoms with van der Waals surface area (Å²) in [5.41, 5.74) is 0.780. The van der Waals surface area contributed by atoms with Crippen molar-refractivity contribution in [1.29, 1.82) is 0 Å². The van der Waals surface area contributed by atoms with Gasteiger partial charge in [-0.2, -0.15) is 0 Å². The van der Waals surface area contributed by atoms with Crippen LogP contribution in [0.1, 0.15) is 26.2 Å². The van der Waals surface area contributed by atoms with Crippen LogP contribution in [0.2, 0.25) is 5.02 Å². The summed E-state index contributed by atoms with van der Waals surface area (Å²) in [7, 11) is 0. The van der Waals surface area contributed by atoms with Crippen LogP contribution in [0.4, 0.5) is 5.69 Å². The molecule has 21 heavy (non-hydrogen) atoms. The second kappa shape index (κ2) is 7.25. The number of amides is 1. The lowest BCUT2D eigenvalue weighted by Gasteiger charge is -2.39. The molecule has 4 nitrogen and oxygen atoms in total. The maximum atomic E-state index is 12.0. The number of aliphatic hydroxyl groups excluding tert-OH is 1. The number of hydrogen-bond acceptors (Lipinski definition) is 3. The summed E-state index contributed by atoms with van der Waals surface area (Å²) in [4.78, 5) is 14.2. The van der Waals surface area contributed by atoms with Crippen molar-refractivity contribution in [2.45, 2.75) is 26.2 Å². The first kappa shape index (κ1) is 16.3. The number of nitrogens with zero attached hydrogens (tertiary/aromatic N) is 1. The molecule has 0 bridgehead atoms. The zero-order chi connectivity index (χ0) is 15.3. The van der Waals surface area contributed by atoms with Gasteiger partial charge in [0.25, 0.3) is 0 Å². The van der Waals surface area contributed by atoms with Crippen LogP contribution < -0.4 is 5.32 Å². The quantitative estimate of drug-likeness (QED) is 0.879. The summed E-state index contributed by atoms with van der Waals surface area (Å²) in [6.07, 6.45) is 2.89. The van der Waals surface area contributed by atoms with Crippen LogP contribution in [-0.4, -0.2) is 42.2 Å². The van der Waals surface area contributed by atoms with Crippen molar-refractivity contribution in [1.82, 2.24) is 4.90 Å². The summed E-state index contributed by atoms with van der Waals surface area (Å²) in [6, 6.07) is 7.16. The first-order valence-electron chi connectivity index (χ1n) is 7.45. The molecule has 0 spiro atoms. The zero-order valence-electron chi connectivity index (χ0n) is 12.4. The number of nitrogens with one attached hydrogen (secondary N) is 1. The van der Waals surface area contributed by atoms with Gasteiger partial charge in [0.15, 0.2) is 0 Å². The summed E-state index contributed by atoms with van der Waals surface area (Å²) >= 11 is 5.90. The molecule has 0 unspecified atom stereocenters. The number of aliphatic hydroxyl groups is 1. The molecule has 1 fully saturated rings. The van der Waals surface area contributed by atoms with Crippen molar-refractivity contribution < 1.29 is 9.90 Å². The van der Waals surface area contributed by atoms with E-state index in [1.807, 2.05) is 12.1 Å². The molecule has 0 saturated carbocycles. The third-order valence-electron chi connectivity index (χ3n) is 4.48. The van der Waals surface area contributed by atoms with Crippen LogP contribution >= 0.6 is 11.6 Å². The van der Waals surface area contributed by atoms with Gasteiger partial charge in [0.05, 0.1) is 6.54 Å².